The van der Waals surface area contributed by atoms with Gasteiger partial charge < -0.3 is 10.6 Å². The molecule has 1 aliphatic rings. The molecule has 0 atom stereocenters. The summed E-state index contributed by atoms with van der Waals surface area (Å²) in [6.07, 6.45) is -1.80. The summed E-state index contributed by atoms with van der Waals surface area (Å²) in [5.74, 6) is -0.674. The standard InChI is InChI=1S/C18H15ClF3N3O2S/c19-14-7-12(4-5-13(14)17(27)25-11-2-3-11)24-15(26)9-28-16-6-1-10(8-23-16)18(20,21)22/h1,4-8,11H,2-3,9H2,(H,24,26)(H,25,27). The van der Waals surface area contributed by atoms with E-state index in [0.29, 0.717) is 16.3 Å². The van der Waals surface area contributed by atoms with Crippen LogP contribution in [0.2, 0.25) is 5.02 Å². The molecule has 1 aromatic carbocycles. The molecule has 0 saturated heterocycles. The third kappa shape index (κ3) is 5.62. The van der Waals surface area contributed by atoms with E-state index in [9.17, 15) is 22.8 Å². The van der Waals surface area contributed by atoms with Crippen molar-refractivity contribution in [2.45, 2.75) is 30.1 Å². The summed E-state index contributed by atoms with van der Waals surface area (Å²) < 4.78 is 37.5. The van der Waals surface area contributed by atoms with Gasteiger partial charge >= 0.3 is 6.18 Å². The van der Waals surface area contributed by atoms with Crippen molar-refractivity contribution < 1.29 is 22.8 Å². The van der Waals surface area contributed by atoms with Crippen LogP contribution < -0.4 is 10.6 Å². The highest BCUT2D eigenvalue weighted by Gasteiger charge is 2.30. The number of amides is 2. The molecule has 1 heterocycles. The lowest BCUT2D eigenvalue weighted by molar-refractivity contribution is -0.137. The molecule has 3 rings (SSSR count). The molecule has 10 heteroatoms. The number of aromatic nitrogens is 1. The van der Waals surface area contributed by atoms with Gasteiger partial charge in [-0.25, -0.2) is 4.98 Å². The van der Waals surface area contributed by atoms with Crippen molar-refractivity contribution in [1.29, 1.82) is 0 Å². The highest BCUT2D eigenvalue weighted by molar-refractivity contribution is 7.99. The van der Waals surface area contributed by atoms with Gasteiger partial charge in [0, 0.05) is 17.9 Å². The molecule has 148 valence electrons. The van der Waals surface area contributed by atoms with Gasteiger partial charge in [-0.1, -0.05) is 23.4 Å². The first-order valence-corrected chi connectivity index (χ1v) is 9.65. The van der Waals surface area contributed by atoms with Crippen LogP contribution in [0.15, 0.2) is 41.6 Å². The van der Waals surface area contributed by atoms with E-state index in [-0.39, 0.29) is 28.6 Å². The number of nitrogens with zero attached hydrogens (tertiary/aromatic N) is 1. The Morgan fingerprint density at radius 1 is 1.21 bits per heavy atom. The number of rotatable bonds is 6. The summed E-state index contributed by atoms with van der Waals surface area (Å²) >= 11 is 7.12. The topological polar surface area (TPSA) is 71.1 Å². The molecule has 5 nitrogen and oxygen atoms in total. The Morgan fingerprint density at radius 3 is 2.54 bits per heavy atom. The maximum absolute atomic E-state index is 12.5. The van der Waals surface area contributed by atoms with E-state index in [2.05, 4.69) is 15.6 Å². The van der Waals surface area contributed by atoms with E-state index in [0.717, 1.165) is 36.9 Å². The van der Waals surface area contributed by atoms with Gasteiger partial charge in [0.15, 0.2) is 0 Å². The van der Waals surface area contributed by atoms with Crippen LogP contribution in [0, 0.1) is 0 Å². The lowest BCUT2D eigenvalue weighted by atomic mass is 10.2. The van der Waals surface area contributed by atoms with Crippen LogP contribution in [0.1, 0.15) is 28.8 Å². The fourth-order valence-corrected chi connectivity index (χ4v) is 3.15. The Labute approximate surface area is 168 Å². The van der Waals surface area contributed by atoms with Crippen molar-refractivity contribution in [3.8, 4) is 0 Å². The average molecular weight is 430 g/mol. The molecule has 28 heavy (non-hydrogen) atoms. The Kier molecular flexibility index (Phi) is 6.14. The summed E-state index contributed by atoms with van der Waals surface area (Å²) in [5, 5.41) is 5.97. The van der Waals surface area contributed by atoms with E-state index in [1.807, 2.05) is 0 Å². The summed E-state index contributed by atoms with van der Waals surface area (Å²) in [5.41, 5.74) is -0.101. The Balaban J connectivity index is 1.53. The zero-order valence-corrected chi connectivity index (χ0v) is 15.9. The Morgan fingerprint density at radius 2 is 1.96 bits per heavy atom. The van der Waals surface area contributed by atoms with Crippen molar-refractivity contribution >= 4 is 40.9 Å². The molecular weight excluding hydrogens is 415 g/mol. The molecule has 1 fully saturated rings. The first-order chi connectivity index (χ1) is 13.2. The number of hydrogen-bond donors (Lipinski definition) is 2. The second kappa shape index (κ2) is 8.40. The number of hydrogen-bond acceptors (Lipinski definition) is 4. The lowest BCUT2D eigenvalue weighted by Gasteiger charge is -2.09. The molecule has 0 spiro atoms. The second-order valence-electron chi connectivity index (χ2n) is 6.16. The van der Waals surface area contributed by atoms with Crippen LogP contribution in [0.3, 0.4) is 0 Å². The average Bonchev–Trinajstić information content (AvgIpc) is 3.43. The fourth-order valence-electron chi connectivity index (χ4n) is 2.24. The molecule has 0 radical (unpaired) electrons. The van der Waals surface area contributed by atoms with Gasteiger partial charge in [-0.2, -0.15) is 13.2 Å². The van der Waals surface area contributed by atoms with Gasteiger partial charge in [0.1, 0.15) is 0 Å². The number of anilines is 1. The van der Waals surface area contributed by atoms with Crippen molar-refractivity contribution in [1.82, 2.24) is 10.3 Å². The van der Waals surface area contributed by atoms with Gasteiger partial charge in [0.25, 0.3) is 5.91 Å². The first kappa shape index (κ1) is 20.5. The Bertz CT molecular complexity index is 887. The zero-order chi connectivity index (χ0) is 20.3. The largest absolute Gasteiger partial charge is 0.417 e. The minimum atomic E-state index is -4.45. The van der Waals surface area contributed by atoms with E-state index in [4.69, 9.17) is 11.6 Å². The molecule has 1 saturated carbocycles. The number of nitrogens with one attached hydrogen (secondary N) is 2. The normalized spacial score (nSPS) is 13.9. The molecule has 0 bridgehead atoms. The number of pyridine rings is 1. The maximum atomic E-state index is 12.5. The zero-order valence-electron chi connectivity index (χ0n) is 14.3. The van der Waals surface area contributed by atoms with Crippen molar-refractivity contribution in [2.24, 2.45) is 0 Å². The van der Waals surface area contributed by atoms with Gasteiger partial charge in [-0.05, 0) is 43.2 Å². The van der Waals surface area contributed by atoms with E-state index >= 15 is 0 Å². The quantitative estimate of drug-likeness (QED) is 0.669. The second-order valence-corrected chi connectivity index (χ2v) is 7.56. The van der Waals surface area contributed by atoms with E-state index in [1.54, 1.807) is 6.07 Å². The van der Waals surface area contributed by atoms with Gasteiger partial charge in [-0.15, -0.1) is 0 Å². The molecule has 1 aliphatic carbocycles. The molecule has 0 unspecified atom stereocenters. The summed E-state index contributed by atoms with van der Waals surface area (Å²) in [4.78, 5) is 27.8. The fraction of sp³-hybridized carbons (Fsp3) is 0.278. The lowest BCUT2D eigenvalue weighted by Crippen LogP contribution is -2.25. The molecule has 2 amide bonds. The first-order valence-electron chi connectivity index (χ1n) is 8.28. The van der Waals surface area contributed by atoms with Crippen molar-refractivity contribution in [3.63, 3.8) is 0 Å². The third-order valence-electron chi connectivity index (χ3n) is 3.82. The van der Waals surface area contributed by atoms with Crippen molar-refractivity contribution in [2.75, 3.05) is 11.1 Å². The van der Waals surface area contributed by atoms with Gasteiger partial charge in [0.2, 0.25) is 5.91 Å². The maximum Gasteiger partial charge on any atom is 0.417 e. The molecule has 1 aromatic heterocycles. The monoisotopic (exact) mass is 429 g/mol. The third-order valence-corrected chi connectivity index (χ3v) is 5.08. The predicted molar refractivity (Wildman–Crippen MR) is 101 cm³/mol. The van der Waals surface area contributed by atoms with Gasteiger partial charge in [0.05, 0.1) is 26.9 Å². The van der Waals surface area contributed by atoms with Crippen LogP contribution in [0.25, 0.3) is 0 Å². The number of carbonyl (C=O) groups is 2. The minimum Gasteiger partial charge on any atom is -0.349 e. The smallest absolute Gasteiger partial charge is 0.349 e. The Hall–Kier alpha value is -2.26. The van der Waals surface area contributed by atoms with Crippen LogP contribution in [0.5, 0.6) is 0 Å². The number of alkyl halides is 3. The molecular formula is C18H15ClF3N3O2S. The van der Waals surface area contributed by atoms with Crippen LogP contribution in [0.4, 0.5) is 18.9 Å². The van der Waals surface area contributed by atoms with E-state index in [1.165, 1.54) is 18.2 Å². The molecule has 2 aromatic rings. The van der Waals surface area contributed by atoms with Gasteiger partial charge in [-0.3, -0.25) is 9.59 Å². The van der Waals surface area contributed by atoms with Crippen LogP contribution in [-0.2, 0) is 11.0 Å². The van der Waals surface area contributed by atoms with Crippen molar-refractivity contribution in [3.05, 3.63) is 52.7 Å². The summed E-state index contributed by atoms with van der Waals surface area (Å²) in [6, 6.07) is 6.90. The summed E-state index contributed by atoms with van der Waals surface area (Å²) in [7, 11) is 0. The van der Waals surface area contributed by atoms with Crippen LogP contribution >= 0.6 is 23.4 Å². The summed E-state index contributed by atoms with van der Waals surface area (Å²) in [6.45, 7) is 0. The number of thioether (sulfide) groups is 1. The van der Waals surface area contributed by atoms with E-state index < -0.39 is 11.7 Å². The number of benzene rings is 1. The highest BCUT2D eigenvalue weighted by atomic mass is 35.5. The van der Waals surface area contributed by atoms with Crippen LogP contribution in [-0.4, -0.2) is 28.6 Å². The number of carbonyl (C=O) groups excluding carboxylic acids is 2. The molecule has 0 aliphatic heterocycles. The minimum absolute atomic E-state index is 0.0418. The molecule has 2 N–H and O–H groups in total. The number of halogens is 4. The predicted octanol–water partition coefficient (Wildman–Crippen LogP) is 4.38. The SMILES string of the molecule is O=C(CSc1ccc(C(F)(F)F)cn1)Nc1ccc(C(=O)NC2CC2)c(Cl)c1. The highest BCUT2D eigenvalue weighted by Crippen LogP contribution is 2.29.